The average Bonchev–Trinajstić information content (AvgIpc) is 2.64. The van der Waals surface area contributed by atoms with Crippen LogP contribution in [-0.4, -0.2) is 34.8 Å². The Morgan fingerprint density at radius 2 is 2.19 bits per heavy atom. The van der Waals surface area contributed by atoms with E-state index in [1.165, 1.54) is 19.3 Å². The minimum Gasteiger partial charge on any atom is -0.388 e. The average molecular weight is 243 g/mol. The summed E-state index contributed by atoms with van der Waals surface area (Å²) in [5, 5.41) is 13.9. The Morgan fingerprint density at radius 3 is 2.81 bits per heavy atom. The van der Waals surface area contributed by atoms with Crippen LogP contribution in [0, 0.1) is 11.8 Å². The third-order valence-electron chi connectivity index (χ3n) is 4.21. The molecule has 0 amide bonds. The van der Waals surface area contributed by atoms with Gasteiger partial charge in [0.25, 0.3) is 0 Å². The SMILES string of the molecule is C[C@H]1CC[C@H](NC[C@@]2(O)CCSC2)[C@@H](C)C1. The normalized spacial score (nSPS) is 44.8. The van der Waals surface area contributed by atoms with Gasteiger partial charge in [-0.15, -0.1) is 0 Å². The summed E-state index contributed by atoms with van der Waals surface area (Å²) in [5.41, 5.74) is -0.423. The first kappa shape index (κ1) is 12.7. The molecule has 2 fully saturated rings. The van der Waals surface area contributed by atoms with E-state index < -0.39 is 5.60 Å². The van der Waals surface area contributed by atoms with Crippen molar-refractivity contribution in [2.45, 2.75) is 51.2 Å². The number of thioether (sulfide) groups is 1. The standard InChI is InChI=1S/C13H25NOS/c1-10-3-4-12(11(2)7-10)14-8-13(15)5-6-16-9-13/h10-12,14-15H,3-9H2,1-2H3/t10-,11-,12-,13-/m0/s1. The lowest BCUT2D eigenvalue weighted by atomic mass is 9.79. The maximum absolute atomic E-state index is 10.3. The lowest BCUT2D eigenvalue weighted by Crippen LogP contribution is -2.48. The van der Waals surface area contributed by atoms with Gasteiger partial charge in [0.1, 0.15) is 0 Å². The Labute approximate surface area is 104 Å². The lowest BCUT2D eigenvalue weighted by molar-refractivity contribution is 0.0585. The Kier molecular flexibility index (Phi) is 4.20. The Balaban J connectivity index is 1.77. The van der Waals surface area contributed by atoms with Crippen molar-refractivity contribution in [3.63, 3.8) is 0 Å². The van der Waals surface area contributed by atoms with E-state index in [4.69, 9.17) is 0 Å². The van der Waals surface area contributed by atoms with Gasteiger partial charge in [-0.25, -0.2) is 0 Å². The van der Waals surface area contributed by atoms with Gasteiger partial charge in [-0.3, -0.25) is 0 Å². The van der Waals surface area contributed by atoms with Crippen molar-refractivity contribution in [1.82, 2.24) is 5.32 Å². The van der Waals surface area contributed by atoms with Gasteiger partial charge in [-0.1, -0.05) is 13.8 Å². The summed E-state index contributed by atoms with van der Waals surface area (Å²) in [7, 11) is 0. The van der Waals surface area contributed by atoms with Crippen LogP contribution < -0.4 is 5.32 Å². The molecule has 1 heterocycles. The molecule has 94 valence electrons. The fourth-order valence-electron chi connectivity index (χ4n) is 3.03. The molecule has 1 saturated carbocycles. The minimum absolute atomic E-state index is 0.423. The Morgan fingerprint density at radius 1 is 1.38 bits per heavy atom. The number of aliphatic hydroxyl groups is 1. The highest BCUT2D eigenvalue weighted by Gasteiger charge is 2.33. The Hall–Kier alpha value is 0.270. The van der Waals surface area contributed by atoms with E-state index in [2.05, 4.69) is 19.2 Å². The van der Waals surface area contributed by atoms with Crippen LogP contribution in [0.5, 0.6) is 0 Å². The summed E-state index contributed by atoms with van der Waals surface area (Å²) in [6, 6.07) is 0.630. The summed E-state index contributed by atoms with van der Waals surface area (Å²) >= 11 is 1.88. The van der Waals surface area contributed by atoms with Crippen LogP contribution in [0.25, 0.3) is 0 Å². The van der Waals surface area contributed by atoms with Crippen LogP contribution in [0.1, 0.15) is 39.5 Å². The zero-order valence-corrected chi connectivity index (χ0v) is 11.4. The van der Waals surface area contributed by atoms with Gasteiger partial charge in [0.2, 0.25) is 0 Å². The predicted octanol–water partition coefficient (Wildman–Crippen LogP) is 2.27. The fourth-order valence-corrected chi connectivity index (χ4v) is 4.32. The fraction of sp³-hybridized carbons (Fsp3) is 1.00. The highest BCUT2D eigenvalue weighted by Crippen LogP contribution is 2.30. The number of rotatable bonds is 3. The molecular weight excluding hydrogens is 218 g/mol. The monoisotopic (exact) mass is 243 g/mol. The molecule has 0 aromatic carbocycles. The summed E-state index contributed by atoms with van der Waals surface area (Å²) in [6.07, 6.45) is 4.92. The summed E-state index contributed by atoms with van der Waals surface area (Å²) < 4.78 is 0. The summed E-state index contributed by atoms with van der Waals surface area (Å²) in [4.78, 5) is 0. The second kappa shape index (κ2) is 5.28. The van der Waals surface area contributed by atoms with Gasteiger partial charge in [0.05, 0.1) is 5.60 Å². The molecule has 4 atom stereocenters. The molecule has 0 spiro atoms. The zero-order chi connectivity index (χ0) is 11.6. The largest absolute Gasteiger partial charge is 0.388 e. The van der Waals surface area contributed by atoms with Gasteiger partial charge >= 0.3 is 0 Å². The van der Waals surface area contributed by atoms with Crippen molar-refractivity contribution < 1.29 is 5.11 Å². The second-order valence-corrected chi connectivity index (χ2v) is 7.02. The number of nitrogens with one attached hydrogen (secondary N) is 1. The third kappa shape index (κ3) is 3.14. The molecule has 1 saturated heterocycles. The van der Waals surface area contributed by atoms with Crippen LogP contribution in [0.2, 0.25) is 0 Å². The van der Waals surface area contributed by atoms with E-state index in [-0.39, 0.29) is 0 Å². The van der Waals surface area contributed by atoms with Gasteiger partial charge in [0.15, 0.2) is 0 Å². The summed E-state index contributed by atoms with van der Waals surface area (Å²) in [6.45, 7) is 5.50. The van der Waals surface area contributed by atoms with E-state index >= 15 is 0 Å². The maximum Gasteiger partial charge on any atom is 0.0869 e. The van der Waals surface area contributed by atoms with Gasteiger partial charge in [0, 0.05) is 18.3 Å². The molecule has 0 radical (unpaired) electrons. The van der Waals surface area contributed by atoms with Crippen molar-refractivity contribution in [3.8, 4) is 0 Å². The first-order valence-corrected chi connectivity index (χ1v) is 7.78. The van der Waals surface area contributed by atoms with E-state index in [0.717, 1.165) is 36.3 Å². The van der Waals surface area contributed by atoms with Crippen molar-refractivity contribution >= 4 is 11.8 Å². The molecule has 2 nitrogen and oxygen atoms in total. The predicted molar refractivity (Wildman–Crippen MR) is 70.9 cm³/mol. The molecule has 2 rings (SSSR count). The molecule has 0 unspecified atom stereocenters. The lowest BCUT2D eigenvalue weighted by Gasteiger charge is -2.35. The second-order valence-electron chi connectivity index (χ2n) is 5.91. The molecule has 2 N–H and O–H groups in total. The molecular formula is C13H25NOS. The van der Waals surface area contributed by atoms with Crippen LogP contribution in [0.15, 0.2) is 0 Å². The maximum atomic E-state index is 10.3. The first-order valence-electron chi connectivity index (χ1n) is 6.62. The quantitative estimate of drug-likeness (QED) is 0.797. The van der Waals surface area contributed by atoms with Crippen molar-refractivity contribution in [3.05, 3.63) is 0 Å². The number of hydrogen-bond donors (Lipinski definition) is 2. The zero-order valence-electron chi connectivity index (χ0n) is 10.5. The molecule has 1 aliphatic carbocycles. The molecule has 2 aliphatic rings. The topological polar surface area (TPSA) is 32.3 Å². The highest BCUT2D eigenvalue weighted by atomic mass is 32.2. The molecule has 1 aliphatic heterocycles. The van der Waals surface area contributed by atoms with E-state index in [1.807, 2.05) is 11.8 Å². The van der Waals surface area contributed by atoms with Gasteiger partial charge in [-0.05, 0) is 43.3 Å². The first-order chi connectivity index (χ1) is 7.59. The van der Waals surface area contributed by atoms with Crippen molar-refractivity contribution in [2.24, 2.45) is 11.8 Å². The van der Waals surface area contributed by atoms with Crippen LogP contribution in [0.4, 0.5) is 0 Å². The van der Waals surface area contributed by atoms with Crippen LogP contribution >= 0.6 is 11.8 Å². The van der Waals surface area contributed by atoms with Crippen LogP contribution in [0.3, 0.4) is 0 Å². The van der Waals surface area contributed by atoms with E-state index in [1.54, 1.807) is 0 Å². The molecule has 0 aromatic heterocycles. The van der Waals surface area contributed by atoms with Gasteiger partial charge in [-0.2, -0.15) is 11.8 Å². The van der Waals surface area contributed by atoms with Crippen molar-refractivity contribution in [2.75, 3.05) is 18.1 Å². The number of hydrogen-bond acceptors (Lipinski definition) is 3. The molecule has 3 heteroatoms. The minimum atomic E-state index is -0.423. The van der Waals surface area contributed by atoms with E-state index in [9.17, 15) is 5.11 Å². The molecule has 0 bridgehead atoms. The highest BCUT2D eigenvalue weighted by molar-refractivity contribution is 7.99. The van der Waals surface area contributed by atoms with E-state index in [0.29, 0.717) is 6.04 Å². The smallest absolute Gasteiger partial charge is 0.0869 e. The molecule has 16 heavy (non-hydrogen) atoms. The summed E-state index contributed by atoms with van der Waals surface area (Å²) in [5.74, 6) is 3.69. The third-order valence-corrected chi connectivity index (χ3v) is 5.44. The van der Waals surface area contributed by atoms with Crippen molar-refractivity contribution in [1.29, 1.82) is 0 Å². The van der Waals surface area contributed by atoms with Crippen LogP contribution in [-0.2, 0) is 0 Å². The Bertz CT molecular complexity index is 228. The molecule has 0 aromatic rings. The van der Waals surface area contributed by atoms with Gasteiger partial charge < -0.3 is 10.4 Å².